The third kappa shape index (κ3) is 5.44. The van der Waals surface area contributed by atoms with Gasteiger partial charge in [0.2, 0.25) is 5.91 Å². The average Bonchev–Trinajstić information content (AvgIpc) is 2.64. The van der Waals surface area contributed by atoms with E-state index in [2.05, 4.69) is 34.6 Å². The van der Waals surface area contributed by atoms with Gasteiger partial charge in [0.25, 0.3) is 0 Å². The number of pyridine rings is 1. The van der Waals surface area contributed by atoms with Crippen LogP contribution in [0.1, 0.15) is 45.2 Å². The van der Waals surface area contributed by atoms with Crippen LogP contribution < -0.4 is 11.1 Å². The molecule has 4 nitrogen and oxygen atoms in total. The molecular weight excluding hydrogens is 369 g/mol. The normalized spacial score (nSPS) is 11.7. The summed E-state index contributed by atoms with van der Waals surface area (Å²) in [5.41, 5.74) is 8.75. The average molecular weight is 398 g/mol. The van der Waals surface area contributed by atoms with E-state index in [1.54, 1.807) is 12.4 Å². The predicted molar refractivity (Wildman–Crippen MR) is 113 cm³/mol. The van der Waals surface area contributed by atoms with Gasteiger partial charge < -0.3 is 11.1 Å². The first kappa shape index (κ1) is 24.4. The van der Waals surface area contributed by atoms with Gasteiger partial charge in [0.1, 0.15) is 0 Å². The van der Waals surface area contributed by atoms with Gasteiger partial charge in [0, 0.05) is 18.9 Å². The van der Waals surface area contributed by atoms with Crippen LogP contribution >= 0.6 is 24.8 Å². The second-order valence-electron chi connectivity index (χ2n) is 6.24. The maximum atomic E-state index is 12.6. The SMILES string of the molecule is CCC(CC)(CN)C(=O)NC(C)c1ccc(-c2ccncc2)cc1.Cl.Cl. The number of rotatable bonds is 7. The van der Waals surface area contributed by atoms with Crippen molar-refractivity contribution in [3.8, 4) is 11.1 Å². The number of carbonyl (C=O) groups is 1. The number of hydrogen-bond acceptors (Lipinski definition) is 3. The molecule has 0 saturated carbocycles. The highest BCUT2D eigenvalue weighted by atomic mass is 35.5. The van der Waals surface area contributed by atoms with Gasteiger partial charge in [-0.15, -0.1) is 24.8 Å². The number of halogens is 2. The van der Waals surface area contributed by atoms with Crippen LogP contribution in [0.25, 0.3) is 11.1 Å². The van der Waals surface area contributed by atoms with Crippen molar-refractivity contribution < 1.29 is 4.79 Å². The van der Waals surface area contributed by atoms with Crippen molar-refractivity contribution in [2.24, 2.45) is 11.1 Å². The largest absolute Gasteiger partial charge is 0.349 e. The molecule has 0 radical (unpaired) electrons. The van der Waals surface area contributed by atoms with Crippen molar-refractivity contribution in [2.75, 3.05) is 6.54 Å². The smallest absolute Gasteiger partial charge is 0.227 e. The summed E-state index contributed by atoms with van der Waals surface area (Å²) in [5, 5.41) is 3.12. The molecule has 0 aliphatic rings. The Morgan fingerprint density at radius 1 is 1.04 bits per heavy atom. The zero-order valence-corrected chi connectivity index (χ0v) is 17.2. The monoisotopic (exact) mass is 397 g/mol. The molecule has 26 heavy (non-hydrogen) atoms. The summed E-state index contributed by atoms with van der Waals surface area (Å²) in [4.78, 5) is 16.7. The van der Waals surface area contributed by atoms with Crippen LogP contribution in [0.5, 0.6) is 0 Å². The van der Waals surface area contributed by atoms with Crippen LogP contribution in [0.4, 0.5) is 0 Å². The second-order valence-corrected chi connectivity index (χ2v) is 6.24. The number of benzene rings is 1. The first-order valence-electron chi connectivity index (χ1n) is 8.57. The molecule has 1 aromatic heterocycles. The molecule has 1 atom stereocenters. The molecule has 2 rings (SSSR count). The van der Waals surface area contributed by atoms with E-state index in [0.717, 1.165) is 29.5 Å². The number of amides is 1. The molecule has 0 saturated heterocycles. The zero-order valence-electron chi connectivity index (χ0n) is 15.6. The summed E-state index contributed by atoms with van der Waals surface area (Å²) in [6.07, 6.45) is 5.07. The fourth-order valence-corrected chi connectivity index (χ4v) is 2.89. The summed E-state index contributed by atoms with van der Waals surface area (Å²) in [7, 11) is 0. The quantitative estimate of drug-likeness (QED) is 0.720. The number of nitrogens with one attached hydrogen (secondary N) is 1. The maximum absolute atomic E-state index is 12.6. The minimum Gasteiger partial charge on any atom is -0.349 e. The van der Waals surface area contributed by atoms with Crippen molar-refractivity contribution in [3.05, 3.63) is 54.4 Å². The van der Waals surface area contributed by atoms with Crippen LogP contribution in [0.15, 0.2) is 48.8 Å². The molecule has 1 unspecified atom stereocenters. The number of aromatic nitrogens is 1. The Morgan fingerprint density at radius 3 is 2.00 bits per heavy atom. The molecule has 2 aromatic rings. The molecule has 6 heteroatoms. The van der Waals surface area contributed by atoms with Crippen LogP contribution in [0.2, 0.25) is 0 Å². The van der Waals surface area contributed by atoms with Gasteiger partial charge >= 0.3 is 0 Å². The van der Waals surface area contributed by atoms with Gasteiger partial charge in [-0.2, -0.15) is 0 Å². The van der Waals surface area contributed by atoms with Crippen LogP contribution in [-0.4, -0.2) is 17.4 Å². The molecule has 0 aliphatic heterocycles. The lowest BCUT2D eigenvalue weighted by atomic mass is 9.81. The van der Waals surface area contributed by atoms with Crippen molar-refractivity contribution in [1.82, 2.24) is 10.3 Å². The van der Waals surface area contributed by atoms with E-state index >= 15 is 0 Å². The van der Waals surface area contributed by atoms with Crippen LogP contribution in [0.3, 0.4) is 0 Å². The molecule has 0 fully saturated rings. The number of hydrogen-bond donors (Lipinski definition) is 2. The lowest BCUT2D eigenvalue weighted by Crippen LogP contribution is -2.46. The van der Waals surface area contributed by atoms with Crippen molar-refractivity contribution in [2.45, 2.75) is 39.7 Å². The summed E-state index contributed by atoms with van der Waals surface area (Å²) in [5.74, 6) is 0.0423. The first-order chi connectivity index (χ1) is 11.6. The minimum atomic E-state index is -0.467. The molecule has 144 valence electrons. The van der Waals surface area contributed by atoms with E-state index in [1.165, 1.54) is 0 Å². The lowest BCUT2D eigenvalue weighted by Gasteiger charge is -2.30. The van der Waals surface area contributed by atoms with Gasteiger partial charge in [-0.25, -0.2) is 0 Å². The summed E-state index contributed by atoms with van der Waals surface area (Å²) in [6, 6.07) is 12.2. The number of nitrogens with two attached hydrogens (primary N) is 1. The minimum absolute atomic E-state index is 0. The number of carbonyl (C=O) groups excluding carboxylic acids is 1. The first-order valence-corrected chi connectivity index (χ1v) is 8.57. The van der Waals surface area contributed by atoms with Crippen LogP contribution in [0, 0.1) is 5.41 Å². The topological polar surface area (TPSA) is 68.0 Å². The highest BCUT2D eigenvalue weighted by molar-refractivity contribution is 5.85. The van der Waals surface area contributed by atoms with Gasteiger partial charge in [-0.3, -0.25) is 9.78 Å². The predicted octanol–water partition coefficient (Wildman–Crippen LogP) is 4.53. The van der Waals surface area contributed by atoms with Gasteiger partial charge in [0.15, 0.2) is 0 Å². The standard InChI is InChI=1S/C20H27N3O.2ClH/c1-4-20(5-2,14-21)19(24)23-15(3)16-6-8-17(9-7-16)18-10-12-22-13-11-18;;/h6-13,15H,4-5,14,21H2,1-3H3,(H,23,24);2*1H. The maximum Gasteiger partial charge on any atom is 0.227 e. The fraction of sp³-hybridized carbons (Fsp3) is 0.400. The third-order valence-corrected chi connectivity index (χ3v) is 5.00. The molecule has 0 bridgehead atoms. The van der Waals surface area contributed by atoms with E-state index in [-0.39, 0.29) is 36.8 Å². The Hall–Kier alpha value is -1.62. The van der Waals surface area contributed by atoms with Gasteiger partial charge in [-0.1, -0.05) is 38.1 Å². The van der Waals surface area contributed by atoms with E-state index in [4.69, 9.17) is 5.73 Å². The second kappa shape index (κ2) is 11.2. The Kier molecular flexibility index (Phi) is 10.5. The Bertz CT molecular complexity index is 650. The van der Waals surface area contributed by atoms with Gasteiger partial charge in [-0.05, 0) is 48.6 Å². The molecule has 3 N–H and O–H groups in total. The molecule has 1 heterocycles. The highest BCUT2D eigenvalue weighted by Gasteiger charge is 2.33. The number of nitrogens with zero attached hydrogens (tertiary/aromatic N) is 1. The fourth-order valence-electron chi connectivity index (χ4n) is 2.89. The van der Waals surface area contributed by atoms with Crippen molar-refractivity contribution >= 4 is 30.7 Å². The van der Waals surface area contributed by atoms with Crippen molar-refractivity contribution in [3.63, 3.8) is 0 Å². The van der Waals surface area contributed by atoms with E-state index in [0.29, 0.717) is 6.54 Å². The Labute approximate surface area is 168 Å². The van der Waals surface area contributed by atoms with E-state index in [9.17, 15) is 4.79 Å². The lowest BCUT2D eigenvalue weighted by molar-refractivity contribution is -0.131. The van der Waals surface area contributed by atoms with E-state index < -0.39 is 5.41 Å². The summed E-state index contributed by atoms with van der Waals surface area (Å²) in [6.45, 7) is 6.42. The molecular formula is C20H29Cl2N3O. The molecule has 0 aliphatic carbocycles. The Balaban J connectivity index is 0.00000312. The van der Waals surface area contributed by atoms with E-state index in [1.807, 2.05) is 32.9 Å². The summed E-state index contributed by atoms with van der Waals surface area (Å²) >= 11 is 0. The third-order valence-electron chi connectivity index (χ3n) is 5.00. The van der Waals surface area contributed by atoms with Crippen molar-refractivity contribution in [1.29, 1.82) is 0 Å². The summed E-state index contributed by atoms with van der Waals surface area (Å²) < 4.78 is 0. The zero-order chi connectivity index (χ0) is 17.6. The van der Waals surface area contributed by atoms with Crippen LogP contribution in [-0.2, 0) is 4.79 Å². The Morgan fingerprint density at radius 2 is 1.54 bits per heavy atom. The molecule has 1 aromatic carbocycles. The van der Waals surface area contributed by atoms with Gasteiger partial charge in [0.05, 0.1) is 11.5 Å². The molecule has 0 spiro atoms. The highest BCUT2D eigenvalue weighted by Crippen LogP contribution is 2.27. The molecule has 1 amide bonds.